The third-order valence-electron chi connectivity index (χ3n) is 2.73. The van der Waals surface area contributed by atoms with Crippen LogP contribution in [0.1, 0.15) is 24.9 Å². The highest BCUT2D eigenvalue weighted by molar-refractivity contribution is 5.87. The maximum Gasteiger partial charge on any atom is 0.237 e. The Morgan fingerprint density at radius 1 is 1.32 bits per heavy atom. The van der Waals surface area contributed by atoms with Crippen LogP contribution in [0.25, 0.3) is 0 Å². The van der Waals surface area contributed by atoms with Crippen molar-refractivity contribution >= 4 is 11.8 Å². The van der Waals surface area contributed by atoms with Crippen LogP contribution >= 0.6 is 0 Å². The molecular formula is C13H19N3O3. The molecule has 0 aliphatic rings. The molecule has 0 saturated heterocycles. The minimum atomic E-state index is -0.918. The zero-order chi connectivity index (χ0) is 14.4. The minimum Gasteiger partial charge on any atom is -0.497 e. The van der Waals surface area contributed by atoms with Gasteiger partial charge in [-0.25, -0.2) is 0 Å². The number of benzene rings is 1. The largest absolute Gasteiger partial charge is 0.497 e. The topological polar surface area (TPSA) is 107 Å². The van der Waals surface area contributed by atoms with Crippen molar-refractivity contribution in [3.05, 3.63) is 29.8 Å². The number of amides is 2. The molecule has 6 nitrogen and oxygen atoms in total. The summed E-state index contributed by atoms with van der Waals surface area (Å²) < 4.78 is 5.05. The minimum absolute atomic E-state index is 0.166. The molecule has 0 saturated carbocycles. The lowest BCUT2D eigenvalue weighted by atomic mass is 10.1. The number of methoxy groups -OCH3 is 1. The molecule has 0 aliphatic heterocycles. The number of nitrogens with one attached hydrogen (secondary N) is 1. The first-order valence-corrected chi connectivity index (χ1v) is 5.92. The average molecular weight is 265 g/mol. The van der Waals surface area contributed by atoms with Crippen molar-refractivity contribution in [1.82, 2.24) is 5.32 Å². The van der Waals surface area contributed by atoms with Crippen molar-refractivity contribution in [3.8, 4) is 5.75 Å². The summed E-state index contributed by atoms with van der Waals surface area (Å²) in [5, 5.41) is 2.73. The average Bonchev–Trinajstić information content (AvgIpc) is 2.37. The van der Waals surface area contributed by atoms with Crippen LogP contribution in [0.3, 0.4) is 0 Å². The summed E-state index contributed by atoms with van der Waals surface area (Å²) >= 11 is 0. The van der Waals surface area contributed by atoms with E-state index in [0.717, 1.165) is 11.3 Å². The molecule has 0 aromatic heterocycles. The maximum atomic E-state index is 11.7. The molecule has 5 N–H and O–H groups in total. The second-order valence-corrected chi connectivity index (χ2v) is 4.28. The fourth-order valence-corrected chi connectivity index (χ4v) is 1.61. The van der Waals surface area contributed by atoms with Gasteiger partial charge in [-0.05, 0) is 24.6 Å². The maximum absolute atomic E-state index is 11.7. The molecule has 1 rings (SSSR count). The monoisotopic (exact) mass is 265 g/mol. The van der Waals surface area contributed by atoms with Gasteiger partial charge < -0.3 is 21.5 Å². The molecule has 19 heavy (non-hydrogen) atoms. The lowest BCUT2D eigenvalue weighted by Gasteiger charge is -2.17. The molecule has 6 heteroatoms. The molecule has 1 unspecified atom stereocenters. The number of carbonyl (C=O) groups is 2. The number of ether oxygens (including phenoxy) is 1. The number of primary amides is 1. The lowest BCUT2D eigenvalue weighted by Crippen LogP contribution is -2.43. The molecule has 0 bridgehead atoms. The summed E-state index contributed by atoms with van der Waals surface area (Å²) in [4.78, 5) is 22.4. The van der Waals surface area contributed by atoms with Crippen molar-refractivity contribution in [1.29, 1.82) is 0 Å². The number of carbonyl (C=O) groups excluding carboxylic acids is 2. The molecule has 0 spiro atoms. The quantitative estimate of drug-likeness (QED) is 0.676. The SMILES string of the molecule is COc1ccc([C@@H](C)NC(=O)C(N)CC(N)=O)cc1. The van der Waals surface area contributed by atoms with Gasteiger partial charge in [-0.3, -0.25) is 9.59 Å². The predicted octanol–water partition coefficient (Wildman–Crippen LogP) is 0.0751. The third kappa shape index (κ3) is 4.59. The number of hydrogen-bond acceptors (Lipinski definition) is 4. The number of hydrogen-bond donors (Lipinski definition) is 3. The zero-order valence-corrected chi connectivity index (χ0v) is 11.1. The smallest absolute Gasteiger partial charge is 0.237 e. The van der Waals surface area contributed by atoms with Crippen molar-refractivity contribution < 1.29 is 14.3 Å². The van der Waals surface area contributed by atoms with Crippen LogP contribution in [0.2, 0.25) is 0 Å². The molecule has 2 atom stereocenters. The second kappa shape index (κ2) is 6.75. The Bertz CT molecular complexity index is 445. The molecule has 0 aliphatic carbocycles. The highest BCUT2D eigenvalue weighted by Crippen LogP contribution is 2.17. The predicted molar refractivity (Wildman–Crippen MR) is 71.3 cm³/mol. The van der Waals surface area contributed by atoms with Gasteiger partial charge in [0.15, 0.2) is 0 Å². The van der Waals surface area contributed by atoms with Gasteiger partial charge in [0.2, 0.25) is 11.8 Å². The van der Waals surface area contributed by atoms with Crippen molar-refractivity contribution in [2.75, 3.05) is 7.11 Å². The number of nitrogens with two attached hydrogens (primary N) is 2. The normalized spacial score (nSPS) is 13.4. The summed E-state index contributed by atoms with van der Waals surface area (Å²) in [5.41, 5.74) is 11.5. The van der Waals surface area contributed by atoms with Crippen LogP contribution in [-0.2, 0) is 9.59 Å². The lowest BCUT2D eigenvalue weighted by molar-refractivity contribution is -0.126. The van der Waals surface area contributed by atoms with Crippen LogP contribution in [0.4, 0.5) is 0 Å². The van der Waals surface area contributed by atoms with E-state index in [4.69, 9.17) is 16.2 Å². The molecule has 104 valence electrons. The van der Waals surface area contributed by atoms with Crippen LogP contribution in [0, 0.1) is 0 Å². The Hall–Kier alpha value is -2.08. The first-order valence-electron chi connectivity index (χ1n) is 5.92. The van der Waals surface area contributed by atoms with Crippen molar-refractivity contribution in [2.45, 2.75) is 25.4 Å². The molecule has 1 aromatic rings. The van der Waals surface area contributed by atoms with Gasteiger partial charge in [0, 0.05) is 0 Å². The van der Waals surface area contributed by atoms with Gasteiger partial charge in [0.1, 0.15) is 5.75 Å². The van der Waals surface area contributed by atoms with Gasteiger partial charge in [-0.15, -0.1) is 0 Å². The number of rotatable bonds is 6. The first-order chi connectivity index (χ1) is 8.93. The van der Waals surface area contributed by atoms with Gasteiger partial charge >= 0.3 is 0 Å². The Morgan fingerprint density at radius 2 is 1.89 bits per heavy atom. The summed E-state index contributed by atoms with van der Waals surface area (Å²) in [5.74, 6) is -0.255. The van der Waals surface area contributed by atoms with Crippen molar-refractivity contribution in [3.63, 3.8) is 0 Å². The Morgan fingerprint density at radius 3 is 2.37 bits per heavy atom. The Balaban J connectivity index is 2.60. The van der Waals surface area contributed by atoms with E-state index in [1.54, 1.807) is 19.2 Å². The summed E-state index contributed by atoms with van der Waals surface area (Å²) in [7, 11) is 1.59. The molecule has 1 aromatic carbocycles. The van der Waals surface area contributed by atoms with E-state index in [-0.39, 0.29) is 12.5 Å². The molecule has 0 radical (unpaired) electrons. The first kappa shape index (κ1) is 15.0. The summed E-state index contributed by atoms with van der Waals surface area (Å²) in [6, 6.07) is 6.19. The van der Waals surface area contributed by atoms with E-state index < -0.39 is 17.9 Å². The van der Waals surface area contributed by atoms with Crippen LogP contribution in [-0.4, -0.2) is 25.0 Å². The van der Waals surface area contributed by atoms with E-state index in [1.165, 1.54) is 0 Å². The highest BCUT2D eigenvalue weighted by atomic mass is 16.5. The summed E-state index contributed by atoms with van der Waals surface area (Å²) in [6.07, 6.45) is -0.166. The van der Waals surface area contributed by atoms with Crippen LogP contribution in [0.15, 0.2) is 24.3 Å². The molecule has 0 fully saturated rings. The van der Waals surface area contributed by atoms with E-state index in [2.05, 4.69) is 5.32 Å². The molecule has 0 heterocycles. The zero-order valence-electron chi connectivity index (χ0n) is 11.1. The second-order valence-electron chi connectivity index (χ2n) is 4.28. The highest BCUT2D eigenvalue weighted by Gasteiger charge is 2.18. The van der Waals surface area contributed by atoms with Crippen molar-refractivity contribution in [2.24, 2.45) is 11.5 Å². The summed E-state index contributed by atoms with van der Waals surface area (Å²) in [6.45, 7) is 1.83. The van der Waals surface area contributed by atoms with Gasteiger partial charge in [-0.1, -0.05) is 12.1 Å². The van der Waals surface area contributed by atoms with E-state index in [9.17, 15) is 9.59 Å². The van der Waals surface area contributed by atoms with Gasteiger partial charge in [0.25, 0.3) is 0 Å². The fraction of sp³-hybridized carbons (Fsp3) is 0.385. The van der Waals surface area contributed by atoms with E-state index >= 15 is 0 Å². The van der Waals surface area contributed by atoms with Gasteiger partial charge in [-0.2, -0.15) is 0 Å². The van der Waals surface area contributed by atoms with E-state index in [0.29, 0.717) is 0 Å². The van der Waals surface area contributed by atoms with Crippen LogP contribution < -0.4 is 21.5 Å². The van der Waals surface area contributed by atoms with Gasteiger partial charge in [0.05, 0.1) is 25.6 Å². The van der Waals surface area contributed by atoms with Crippen LogP contribution in [0.5, 0.6) is 5.75 Å². The Labute approximate surface area is 112 Å². The standard InChI is InChI=1S/C13H19N3O3/c1-8(9-3-5-10(19-2)6-4-9)16-13(18)11(14)7-12(15)17/h3-6,8,11H,7,14H2,1-2H3,(H2,15,17)(H,16,18)/t8-,11?/m1/s1. The Kier molecular flexibility index (Phi) is 5.32. The molecule has 2 amide bonds. The molecular weight excluding hydrogens is 246 g/mol. The third-order valence-corrected chi connectivity index (χ3v) is 2.73. The fourth-order valence-electron chi connectivity index (χ4n) is 1.61. The van der Waals surface area contributed by atoms with E-state index in [1.807, 2.05) is 19.1 Å².